The number of carboxylic acids is 1. The van der Waals surface area contributed by atoms with Crippen LogP contribution in [0.15, 0.2) is 48.8 Å². The molecule has 0 unspecified atom stereocenters. The van der Waals surface area contributed by atoms with Gasteiger partial charge in [0, 0.05) is 51.8 Å². The summed E-state index contributed by atoms with van der Waals surface area (Å²) < 4.78 is 16.5. The molecule has 0 bridgehead atoms. The number of nitrogens with zero attached hydrogens (tertiary/aromatic N) is 4. The van der Waals surface area contributed by atoms with Gasteiger partial charge in [-0.05, 0) is 25.1 Å². The average molecular weight is 495 g/mol. The summed E-state index contributed by atoms with van der Waals surface area (Å²) in [6.45, 7) is 2.06. The molecule has 1 atom stereocenters. The zero-order valence-corrected chi connectivity index (χ0v) is 20.1. The van der Waals surface area contributed by atoms with Crippen LogP contribution in [0.4, 0.5) is 5.82 Å². The molecule has 0 spiro atoms. The number of anilines is 1. The standard InChI is InChI=1S/C24H25N5O7/c1-14(13-34-4)35-20-9-17(22(30)27-18-7-5-16(12-25-18)24(32)33)10-21(28-20)36-19-8-6-15(11-26-19)23(31)29(2)3/h5-12,14H,13H2,1-4H3,(H,32,33)(H,25,27,30)/t14-/m1/s1. The predicted octanol–water partition coefficient (Wildman–Crippen LogP) is 2.73. The van der Waals surface area contributed by atoms with E-state index in [-0.39, 0.29) is 53.2 Å². The maximum atomic E-state index is 12.9. The first-order chi connectivity index (χ1) is 17.2. The van der Waals surface area contributed by atoms with E-state index in [1.807, 2.05) is 0 Å². The smallest absolute Gasteiger partial charge is 0.337 e. The van der Waals surface area contributed by atoms with Gasteiger partial charge in [-0.1, -0.05) is 0 Å². The van der Waals surface area contributed by atoms with E-state index in [0.29, 0.717) is 5.56 Å². The molecule has 12 nitrogen and oxygen atoms in total. The Labute approximate surface area is 206 Å². The van der Waals surface area contributed by atoms with Gasteiger partial charge in [-0.3, -0.25) is 9.59 Å². The molecule has 2 N–H and O–H groups in total. The lowest BCUT2D eigenvalue weighted by molar-refractivity contribution is 0.0695. The number of methoxy groups -OCH3 is 1. The van der Waals surface area contributed by atoms with E-state index in [9.17, 15) is 14.4 Å². The van der Waals surface area contributed by atoms with E-state index in [4.69, 9.17) is 19.3 Å². The number of aromatic carboxylic acids is 1. The van der Waals surface area contributed by atoms with Crippen LogP contribution in [-0.2, 0) is 4.74 Å². The highest BCUT2D eigenvalue weighted by Crippen LogP contribution is 2.24. The molecular weight excluding hydrogens is 470 g/mol. The van der Waals surface area contributed by atoms with Crippen LogP contribution in [0.1, 0.15) is 38.0 Å². The van der Waals surface area contributed by atoms with Crippen molar-refractivity contribution >= 4 is 23.6 Å². The van der Waals surface area contributed by atoms with Gasteiger partial charge in [-0.25, -0.2) is 14.8 Å². The summed E-state index contributed by atoms with van der Waals surface area (Å²) in [6, 6.07) is 8.57. The lowest BCUT2D eigenvalue weighted by atomic mass is 10.2. The summed E-state index contributed by atoms with van der Waals surface area (Å²) >= 11 is 0. The summed E-state index contributed by atoms with van der Waals surface area (Å²) in [4.78, 5) is 49.7. The third kappa shape index (κ3) is 6.96. The lowest BCUT2D eigenvalue weighted by Gasteiger charge is -2.15. The summed E-state index contributed by atoms with van der Waals surface area (Å²) in [5.74, 6) is -1.46. The molecule has 0 aliphatic rings. The number of hydrogen-bond acceptors (Lipinski definition) is 9. The Hall–Kier alpha value is -4.58. The lowest BCUT2D eigenvalue weighted by Crippen LogP contribution is -2.21. The van der Waals surface area contributed by atoms with E-state index in [2.05, 4.69) is 20.3 Å². The molecule has 12 heteroatoms. The molecule has 3 aromatic rings. The number of carbonyl (C=O) groups excluding carboxylic acids is 2. The minimum atomic E-state index is -1.13. The minimum absolute atomic E-state index is 0.0128. The zero-order chi connectivity index (χ0) is 26.2. The SMILES string of the molecule is COC[C@@H](C)Oc1cc(C(=O)Nc2ccc(C(=O)O)cn2)cc(Oc2ccc(C(=O)N(C)C)cn2)n1. The summed E-state index contributed by atoms with van der Waals surface area (Å²) in [6.07, 6.45) is 2.14. The third-order valence-electron chi connectivity index (χ3n) is 4.61. The number of ether oxygens (including phenoxy) is 3. The van der Waals surface area contributed by atoms with Gasteiger partial charge in [0.1, 0.15) is 11.9 Å². The topological polar surface area (TPSA) is 153 Å². The quantitative estimate of drug-likeness (QED) is 0.429. The third-order valence-corrected chi connectivity index (χ3v) is 4.61. The Bertz CT molecular complexity index is 1230. The molecule has 3 aromatic heterocycles. The number of rotatable bonds is 10. The van der Waals surface area contributed by atoms with Crippen molar-refractivity contribution in [1.82, 2.24) is 19.9 Å². The zero-order valence-electron chi connectivity index (χ0n) is 20.1. The molecule has 3 rings (SSSR count). The van der Waals surface area contributed by atoms with Crippen molar-refractivity contribution in [1.29, 1.82) is 0 Å². The van der Waals surface area contributed by atoms with Crippen LogP contribution in [0.2, 0.25) is 0 Å². The van der Waals surface area contributed by atoms with Crippen LogP contribution in [0.3, 0.4) is 0 Å². The number of carbonyl (C=O) groups is 3. The van der Waals surface area contributed by atoms with Gasteiger partial charge >= 0.3 is 5.97 Å². The van der Waals surface area contributed by atoms with Crippen LogP contribution in [0, 0.1) is 0 Å². The van der Waals surface area contributed by atoms with Crippen molar-refractivity contribution in [2.24, 2.45) is 0 Å². The Morgan fingerprint density at radius 2 is 1.67 bits per heavy atom. The van der Waals surface area contributed by atoms with Gasteiger partial charge in [0.2, 0.25) is 17.6 Å². The first kappa shape index (κ1) is 26.0. The van der Waals surface area contributed by atoms with Gasteiger partial charge in [0.15, 0.2) is 0 Å². The number of hydrogen-bond donors (Lipinski definition) is 2. The second-order valence-corrected chi connectivity index (χ2v) is 7.79. The van der Waals surface area contributed by atoms with Crippen LogP contribution in [0.25, 0.3) is 0 Å². The first-order valence-electron chi connectivity index (χ1n) is 10.7. The normalized spacial score (nSPS) is 11.3. The van der Waals surface area contributed by atoms with Crippen LogP contribution >= 0.6 is 0 Å². The molecule has 3 heterocycles. The Kier molecular flexibility index (Phi) is 8.47. The van der Waals surface area contributed by atoms with Crippen molar-refractivity contribution in [3.63, 3.8) is 0 Å². The van der Waals surface area contributed by atoms with Gasteiger partial charge < -0.3 is 29.5 Å². The van der Waals surface area contributed by atoms with Crippen LogP contribution in [-0.4, -0.2) is 76.7 Å². The van der Waals surface area contributed by atoms with E-state index in [1.54, 1.807) is 27.1 Å². The Morgan fingerprint density at radius 3 is 2.25 bits per heavy atom. The Balaban J connectivity index is 1.85. The predicted molar refractivity (Wildman–Crippen MR) is 128 cm³/mol. The fourth-order valence-corrected chi connectivity index (χ4v) is 2.91. The molecular formula is C24H25N5O7. The number of amides is 2. The molecule has 188 valence electrons. The molecule has 0 aromatic carbocycles. The van der Waals surface area contributed by atoms with E-state index in [1.165, 1.54) is 48.5 Å². The van der Waals surface area contributed by atoms with Crippen molar-refractivity contribution in [3.8, 4) is 17.6 Å². The highest BCUT2D eigenvalue weighted by atomic mass is 16.5. The van der Waals surface area contributed by atoms with Crippen molar-refractivity contribution in [3.05, 3.63) is 65.5 Å². The maximum Gasteiger partial charge on any atom is 0.337 e. The van der Waals surface area contributed by atoms with Crippen LogP contribution < -0.4 is 14.8 Å². The molecule has 0 fully saturated rings. The second kappa shape index (κ2) is 11.7. The van der Waals surface area contributed by atoms with Crippen molar-refractivity contribution in [2.75, 3.05) is 33.1 Å². The van der Waals surface area contributed by atoms with E-state index in [0.717, 1.165) is 6.20 Å². The van der Waals surface area contributed by atoms with Gasteiger partial charge in [-0.15, -0.1) is 0 Å². The monoisotopic (exact) mass is 495 g/mol. The minimum Gasteiger partial charge on any atom is -0.478 e. The first-order valence-corrected chi connectivity index (χ1v) is 10.7. The largest absolute Gasteiger partial charge is 0.478 e. The van der Waals surface area contributed by atoms with Gasteiger partial charge in [-0.2, -0.15) is 4.98 Å². The second-order valence-electron chi connectivity index (χ2n) is 7.79. The molecule has 36 heavy (non-hydrogen) atoms. The number of carboxylic acid groups (broad SMARTS) is 1. The molecule has 2 amide bonds. The van der Waals surface area contributed by atoms with Gasteiger partial charge in [0.25, 0.3) is 11.8 Å². The van der Waals surface area contributed by atoms with Crippen molar-refractivity contribution < 1.29 is 33.7 Å². The molecule has 0 aliphatic heterocycles. The molecule has 0 saturated heterocycles. The summed E-state index contributed by atoms with van der Waals surface area (Å²) in [5, 5.41) is 11.6. The number of aromatic nitrogens is 3. The van der Waals surface area contributed by atoms with Gasteiger partial charge in [0.05, 0.1) is 23.3 Å². The highest BCUT2D eigenvalue weighted by Gasteiger charge is 2.16. The average Bonchev–Trinajstić information content (AvgIpc) is 2.84. The van der Waals surface area contributed by atoms with E-state index < -0.39 is 11.9 Å². The molecule has 0 saturated carbocycles. The Morgan fingerprint density at radius 1 is 0.972 bits per heavy atom. The summed E-state index contributed by atoms with van der Waals surface area (Å²) in [7, 11) is 4.80. The summed E-state index contributed by atoms with van der Waals surface area (Å²) in [5.41, 5.74) is 0.511. The fraction of sp³-hybridized carbons (Fsp3) is 0.250. The maximum absolute atomic E-state index is 12.9. The molecule has 0 radical (unpaired) electrons. The number of pyridine rings is 3. The van der Waals surface area contributed by atoms with Crippen molar-refractivity contribution in [2.45, 2.75) is 13.0 Å². The highest BCUT2D eigenvalue weighted by molar-refractivity contribution is 6.04. The number of nitrogens with one attached hydrogen (secondary N) is 1. The van der Waals surface area contributed by atoms with Crippen LogP contribution in [0.5, 0.6) is 17.6 Å². The molecule has 0 aliphatic carbocycles. The van der Waals surface area contributed by atoms with E-state index >= 15 is 0 Å². The fourth-order valence-electron chi connectivity index (χ4n) is 2.91.